The van der Waals surface area contributed by atoms with Crippen molar-refractivity contribution in [3.63, 3.8) is 0 Å². The first-order valence-electron chi connectivity index (χ1n) is 5.86. The van der Waals surface area contributed by atoms with Crippen molar-refractivity contribution in [2.24, 2.45) is 0 Å². The molecule has 16 heavy (non-hydrogen) atoms. The summed E-state index contributed by atoms with van der Waals surface area (Å²) in [5.41, 5.74) is 7.14. The third kappa shape index (κ3) is 1.92. The van der Waals surface area contributed by atoms with Gasteiger partial charge in [0.15, 0.2) is 0 Å². The van der Waals surface area contributed by atoms with Crippen molar-refractivity contribution in [3.8, 4) is 0 Å². The third-order valence-electron chi connectivity index (χ3n) is 3.04. The summed E-state index contributed by atoms with van der Waals surface area (Å²) in [5.74, 6) is 0.114. The molecule has 2 rings (SSSR count). The normalized spacial score (nSPS) is 16.1. The van der Waals surface area contributed by atoms with Crippen LogP contribution in [0.25, 0.3) is 0 Å². The van der Waals surface area contributed by atoms with Crippen molar-refractivity contribution < 1.29 is 4.79 Å². The topological polar surface area (TPSA) is 51.3 Å². The molecule has 0 saturated carbocycles. The third-order valence-corrected chi connectivity index (χ3v) is 3.04. The molecular formula is C12H19N3O. The van der Waals surface area contributed by atoms with Gasteiger partial charge in [-0.2, -0.15) is 0 Å². The Morgan fingerprint density at radius 2 is 2.00 bits per heavy atom. The van der Waals surface area contributed by atoms with Gasteiger partial charge in [-0.3, -0.25) is 4.79 Å². The highest BCUT2D eigenvalue weighted by atomic mass is 16.2. The van der Waals surface area contributed by atoms with Gasteiger partial charge in [0.1, 0.15) is 5.69 Å². The molecule has 0 radical (unpaired) electrons. The van der Waals surface area contributed by atoms with Crippen LogP contribution in [-0.4, -0.2) is 28.5 Å². The van der Waals surface area contributed by atoms with E-state index < -0.39 is 0 Å². The fourth-order valence-electron chi connectivity index (χ4n) is 2.18. The zero-order valence-corrected chi connectivity index (χ0v) is 9.94. The maximum atomic E-state index is 12.2. The fraction of sp³-hybridized carbons (Fsp3) is 0.583. The second-order valence-electron chi connectivity index (χ2n) is 4.66. The molecule has 0 spiro atoms. The number of amides is 1. The van der Waals surface area contributed by atoms with E-state index in [-0.39, 0.29) is 11.9 Å². The molecule has 0 atom stereocenters. The minimum Gasteiger partial charge on any atom is -0.397 e. The van der Waals surface area contributed by atoms with Crippen LogP contribution in [0.2, 0.25) is 0 Å². The number of nitrogens with two attached hydrogens (primary N) is 1. The number of rotatable bonds is 2. The van der Waals surface area contributed by atoms with E-state index >= 15 is 0 Å². The molecule has 1 aliphatic heterocycles. The van der Waals surface area contributed by atoms with Gasteiger partial charge in [-0.25, -0.2) is 0 Å². The number of hydrogen-bond acceptors (Lipinski definition) is 2. The summed E-state index contributed by atoms with van der Waals surface area (Å²) >= 11 is 0. The molecule has 0 aliphatic carbocycles. The van der Waals surface area contributed by atoms with Crippen LogP contribution in [0.3, 0.4) is 0 Å². The van der Waals surface area contributed by atoms with E-state index in [9.17, 15) is 4.79 Å². The largest absolute Gasteiger partial charge is 0.397 e. The summed E-state index contributed by atoms with van der Waals surface area (Å²) in [6.45, 7) is 5.87. The second-order valence-corrected chi connectivity index (χ2v) is 4.66. The van der Waals surface area contributed by atoms with E-state index in [1.807, 2.05) is 15.7 Å². The van der Waals surface area contributed by atoms with Crippen molar-refractivity contribution in [1.82, 2.24) is 9.47 Å². The van der Waals surface area contributed by atoms with E-state index in [2.05, 4.69) is 13.8 Å². The maximum Gasteiger partial charge on any atom is 0.270 e. The molecule has 0 bridgehead atoms. The molecule has 1 aliphatic rings. The highest BCUT2D eigenvalue weighted by molar-refractivity contribution is 5.94. The fourth-order valence-corrected chi connectivity index (χ4v) is 2.18. The van der Waals surface area contributed by atoms with Crippen LogP contribution in [0.1, 0.15) is 43.2 Å². The van der Waals surface area contributed by atoms with E-state index in [1.54, 1.807) is 6.07 Å². The van der Waals surface area contributed by atoms with Gasteiger partial charge >= 0.3 is 0 Å². The highest BCUT2D eigenvalue weighted by Gasteiger charge is 2.23. The minimum absolute atomic E-state index is 0.114. The van der Waals surface area contributed by atoms with Gasteiger partial charge < -0.3 is 15.2 Å². The number of hydrogen-bond donors (Lipinski definition) is 1. The predicted molar refractivity (Wildman–Crippen MR) is 64.4 cm³/mol. The summed E-state index contributed by atoms with van der Waals surface area (Å²) < 4.78 is 1.95. The van der Waals surface area contributed by atoms with Crippen LogP contribution in [0.4, 0.5) is 5.69 Å². The van der Waals surface area contributed by atoms with Crippen molar-refractivity contribution in [2.45, 2.75) is 32.7 Å². The summed E-state index contributed by atoms with van der Waals surface area (Å²) in [6.07, 6.45) is 4.07. The van der Waals surface area contributed by atoms with Crippen molar-refractivity contribution in [3.05, 3.63) is 18.0 Å². The molecule has 1 amide bonds. The lowest BCUT2D eigenvalue weighted by Crippen LogP contribution is -2.29. The quantitative estimate of drug-likeness (QED) is 0.829. The number of anilines is 1. The van der Waals surface area contributed by atoms with Crippen LogP contribution >= 0.6 is 0 Å². The lowest BCUT2D eigenvalue weighted by molar-refractivity contribution is 0.0780. The summed E-state index contributed by atoms with van der Waals surface area (Å²) in [7, 11) is 0. The second kappa shape index (κ2) is 4.20. The van der Waals surface area contributed by atoms with Gasteiger partial charge in [-0.05, 0) is 32.8 Å². The molecule has 0 unspecified atom stereocenters. The molecule has 1 fully saturated rings. The molecule has 4 heteroatoms. The lowest BCUT2D eigenvalue weighted by atomic mass is 10.3. The van der Waals surface area contributed by atoms with Crippen LogP contribution in [0.15, 0.2) is 12.3 Å². The first-order valence-corrected chi connectivity index (χ1v) is 5.86. The first-order chi connectivity index (χ1) is 7.59. The van der Waals surface area contributed by atoms with Crippen LogP contribution in [0.5, 0.6) is 0 Å². The van der Waals surface area contributed by atoms with Gasteiger partial charge in [0, 0.05) is 25.3 Å². The Balaban J connectivity index is 2.28. The van der Waals surface area contributed by atoms with Crippen LogP contribution in [-0.2, 0) is 0 Å². The van der Waals surface area contributed by atoms with Crippen molar-refractivity contribution in [1.29, 1.82) is 0 Å². The Morgan fingerprint density at radius 1 is 1.38 bits per heavy atom. The Hall–Kier alpha value is -1.45. The van der Waals surface area contributed by atoms with Crippen molar-refractivity contribution >= 4 is 11.6 Å². The number of nitrogen functional groups attached to an aromatic ring is 1. The summed E-state index contributed by atoms with van der Waals surface area (Å²) in [5, 5.41) is 0. The molecule has 2 N–H and O–H groups in total. The molecule has 1 saturated heterocycles. The molecule has 1 aromatic rings. The standard InChI is InChI=1S/C12H19N3O/c1-9(2)15-8-10(13)7-11(15)12(16)14-5-3-4-6-14/h7-9H,3-6,13H2,1-2H3. The van der Waals surface area contributed by atoms with E-state index in [4.69, 9.17) is 5.73 Å². The Labute approximate surface area is 96.0 Å². The first kappa shape index (κ1) is 11.0. The Kier molecular flexibility index (Phi) is 2.90. The van der Waals surface area contributed by atoms with Crippen molar-refractivity contribution in [2.75, 3.05) is 18.8 Å². The summed E-state index contributed by atoms with van der Waals surface area (Å²) in [4.78, 5) is 14.1. The Morgan fingerprint density at radius 3 is 2.56 bits per heavy atom. The van der Waals surface area contributed by atoms with Gasteiger partial charge in [0.05, 0.1) is 5.69 Å². The van der Waals surface area contributed by atoms with E-state index in [1.165, 1.54) is 0 Å². The average Bonchev–Trinajstić information content (AvgIpc) is 2.84. The molecule has 0 aromatic carbocycles. The van der Waals surface area contributed by atoms with E-state index in [0.717, 1.165) is 31.6 Å². The van der Waals surface area contributed by atoms with Gasteiger partial charge in [-0.1, -0.05) is 0 Å². The number of likely N-dealkylation sites (tertiary alicyclic amines) is 1. The van der Waals surface area contributed by atoms with Gasteiger partial charge in [0.25, 0.3) is 5.91 Å². The molecule has 88 valence electrons. The molecule has 1 aromatic heterocycles. The summed E-state index contributed by atoms with van der Waals surface area (Å²) in [6, 6.07) is 2.04. The van der Waals surface area contributed by atoms with E-state index in [0.29, 0.717) is 5.69 Å². The highest BCUT2D eigenvalue weighted by Crippen LogP contribution is 2.20. The lowest BCUT2D eigenvalue weighted by Gasteiger charge is -2.18. The van der Waals surface area contributed by atoms with Gasteiger partial charge in [0.2, 0.25) is 0 Å². The zero-order chi connectivity index (χ0) is 11.7. The number of carbonyl (C=O) groups is 1. The molecule has 4 nitrogen and oxygen atoms in total. The molecular weight excluding hydrogens is 202 g/mol. The minimum atomic E-state index is 0.114. The number of aromatic nitrogens is 1. The van der Waals surface area contributed by atoms with Crippen LogP contribution < -0.4 is 5.73 Å². The average molecular weight is 221 g/mol. The smallest absolute Gasteiger partial charge is 0.270 e. The monoisotopic (exact) mass is 221 g/mol. The molecule has 2 heterocycles. The predicted octanol–water partition coefficient (Wildman–Crippen LogP) is 1.89. The maximum absolute atomic E-state index is 12.2. The number of carbonyl (C=O) groups excluding carboxylic acids is 1. The SMILES string of the molecule is CC(C)n1cc(N)cc1C(=O)N1CCCC1. The Bertz CT molecular complexity index is 389. The zero-order valence-electron chi connectivity index (χ0n) is 9.94. The van der Waals surface area contributed by atoms with Gasteiger partial charge in [-0.15, -0.1) is 0 Å². The number of nitrogens with zero attached hydrogens (tertiary/aromatic N) is 2. The van der Waals surface area contributed by atoms with Crippen LogP contribution in [0, 0.1) is 0 Å².